The Balaban J connectivity index is 1.69. The van der Waals surface area contributed by atoms with Crippen molar-refractivity contribution in [3.63, 3.8) is 0 Å². The SMILES string of the molecule is O=C(/C=C/c1ccc(S(=O)(=O)N2CCOCC2)cc1)N(Cc1ccco1)CC(F)(F)F. The minimum Gasteiger partial charge on any atom is -0.467 e. The maximum Gasteiger partial charge on any atom is 0.406 e. The van der Waals surface area contributed by atoms with Crippen LogP contribution in [0.2, 0.25) is 0 Å². The molecule has 3 rings (SSSR count). The predicted octanol–water partition coefficient (Wildman–Crippen LogP) is 2.90. The average Bonchev–Trinajstić information content (AvgIpc) is 3.24. The molecule has 1 amide bonds. The van der Waals surface area contributed by atoms with Crippen LogP contribution in [0.25, 0.3) is 6.08 Å². The number of hydrogen-bond donors (Lipinski definition) is 0. The van der Waals surface area contributed by atoms with E-state index < -0.39 is 28.7 Å². The predicted molar refractivity (Wildman–Crippen MR) is 105 cm³/mol. The van der Waals surface area contributed by atoms with Crippen LogP contribution in [0.5, 0.6) is 0 Å². The number of sulfonamides is 1. The molecule has 2 aromatic rings. The van der Waals surface area contributed by atoms with Gasteiger partial charge in [0.05, 0.1) is 30.9 Å². The van der Waals surface area contributed by atoms with Gasteiger partial charge in [0, 0.05) is 19.2 Å². The molecule has 1 saturated heterocycles. The Morgan fingerprint density at radius 2 is 1.81 bits per heavy atom. The first-order valence-electron chi connectivity index (χ1n) is 9.39. The van der Waals surface area contributed by atoms with Crippen molar-refractivity contribution in [1.29, 1.82) is 0 Å². The summed E-state index contributed by atoms with van der Waals surface area (Å²) in [4.78, 5) is 13.0. The number of ether oxygens (including phenoxy) is 1. The highest BCUT2D eigenvalue weighted by molar-refractivity contribution is 7.89. The second-order valence-electron chi connectivity index (χ2n) is 6.81. The van der Waals surface area contributed by atoms with Gasteiger partial charge in [-0.05, 0) is 35.9 Å². The van der Waals surface area contributed by atoms with E-state index >= 15 is 0 Å². The van der Waals surface area contributed by atoms with Crippen LogP contribution in [0.15, 0.2) is 58.1 Å². The summed E-state index contributed by atoms with van der Waals surface area (Å²) >= 11 is 0. The molecule has 2 heterocycles. The molecule has 7 nitrogen and oxygen atoms in total. The number of morpholine rings is 1. The first-order chi connectivity index (χ1) is 14.6. The zero-order chi connectivity index (χ0) is 22.5. The number of alkyl halides is 3. The van der Waals surface area contributed by atoms with Gasteiger partial charge in [0.25, 0.3) is 0 Å². The number of benzene rings is 1. The number of carbonyl (C=O) groups is 1. The summed E-state index contributed by atoms with van der Waals surface area (Å²) in [6, 6.07) is 8.76. The Labute approximate surface area is 177 Å². The number of nitrogens with zero attached hydrogens (tertiary/aromatic N) is 2. The third-order valence-corrected chi connectivity index (χ3v) is 6.43. The largest absolute Gasteiger partial charge is 0.467 e. The van der Waals surface area contributed by atoms with Gasteiger partial charge >= 0.3 is 6.18 Å². The molecule has 0 N–H and O–H groups in total. The quantitative estimate of drug-likeness (QED) is 0.596. The molecular weight excluding hydrogens is 437 g/mol. The zero-order valence-electron chi connectivity index (χ0n) is 16.4. The van der Waals surface area contributed by atoms with Gasteiger partial charge in [0.2, 0.25) is 15.9 Å². The second-order valence-corrected chi connectivity index (χ2v) is 8.75. The maximum absolute atomic E-state index is 12.9. The van der Waals surface area contributed by atoms with E-state index in [0.29, 0.717) is 23.7 Å². The molecule has 1 aromatic heterocycles. The van der Waals surface area contributed by atoms with Gasteiger partial charge in [-0.15, -0.1) is 0 Å². The van der Waals surface area contributed by atoms with E-state index in [-0.39, 0.29) is 30.3 Å². The fourth-order valence-corrected chi connectivity index (χ4v) is 4.39. The van der Waals surface area contributed by atoms with Crippen molar-refractivity contribution in [2.45, 2.75) is 17.6 Å². The van der Waals surface area contributed by atoms with E-state index in [2.05, 4.69) is 0 Å². The summed E-state index contributed by atoms with van der Waals surface area (Å²) in [7, 11) is -3.65. The van der Waals surface area contributed by atoms with Gasteiger partial charge in [0.15, 0.2) is 0 Å². The Morgan fingerprint density at radius 3 is 2.39 bits per heavy atom. The lowest BCUT2D eigenvalue weighted by molar-refractivity contribution is -0.159. The molecule has 0 radical (unpaired) electrons. The topological polar surface area (TPSA) is 80.1 Å². The van der Waals surface area contributed by atoms with Crippen molar-refractivity contribution < 1.29 is 35.5 Å². The first-order valence-corrected chi connectivity index (χ1v) is 10.8. The van der Waals surface area contributed by atoms with Crippen LogP contribution < -0.4 is 0 Å². The average molecular weight is 458 g/mol. The first kappa shape index (κ1) is 23.0. The van der Waals surface area contributed by atoms with E-state index in [1.54, 1.807) is 0 Å². The zero-order valence-corrected chi connectivity index (χ0v) is 17.2. The molecule has 1 fully saturated rings. The standard InChI is InChI=1S/C20H21F3N2O5S/c21-20(22,23)15-24(14-17-2-1-11-30-17)19(26)8-5-16-3-6-18(7-4-16)31(27,28)25-9-12-29-13-10-25/h1-8,11H,9-10,12-15H2/b8-5+. The Kier molecular flexibility index (Phi) is 7.19. The number of carbonyl (C=O) groups excluding carboxylic acids is 1. The normalized spacial score (nSPS) is 16.0. The lowest BCUT2D eigenvalue weighted by atomic mass is 10.2. The van der Waals surface area contributed by atoms with E-state index in [0.717, 1.165) is 6.08 Å². The highest BCUT2D eigenvalue weighted by Gasteiger charge is 2.33. The lowest BCUT2D eigenvalue weighted by Crippen LogP contribution is -2.40. The summed E-state index contributed by atoms with van der Waals surface area (Å²) in [5, 5.41) is 0. The summed E-state index contributed by atoms with van der Waals surface area (Å²) < 4.78 is 75.3. The van der Waals surface area contributed by atoms with Crippen molar-refractivity contribution >= 4 is 22.0 Å². The van der Waals surface area contributed by atoms with Gasteiger partial charge in [-0.1, -0.05) is 12.1 Å². The van der Waals surface area contributed by atoms with E-state index in [9.17, 15) is 26.4 Å². The van der Waals surface area contributed by atoms with Crippen molar-refractivity contribution in [3.8, 4) is 0 Å². The fraction of sp³-hybridized carbons (Fsp3) is 0.350. The number of hydrogen-bond acceptors (Lipinski definition) is 5. The molecule has 11 heteroatoms. The van der Waals surface area contributed by atoms with Crippen LogP contribution in [0.1, 0.15) is 11.3 Å². The molecule has 0 spiro atoms. The Morgan fingerprint density at radius 1 is 1.13 bits per heavy atom. The number of amides is 1. The van der Waals surface area contributed by atoms with Crippen LogP contribution in [0.3, 0.4) is 0 Å². The number of furan rings is 1. The van der Waals surface area contributed by atoms with Crippen molar-refractivity contribution in [2.75, 3.05) is 32.8 Å². The van der Waals surface area contributed by atoms with E-state index in [4.69, 9.17) is 9.15 Å². The maximum atomic E-state index is 12.9. The number of halogens is 3. The third kappa shape index (κ3) is 6.42. The molecular formula is C20H21F3N2O5S. The van der Waals surface area contributed by atoms with E-state index in [1.807, 2.05) is 0 Å². The van der Waals surface area contributed by atoms with Gasteiger partial charge in [-0.25, -0.2) is 8.42 Å². The van der Waals surface area contributed by atoms with Gasteiger partial charge in [0.1, 0.15) is 12.3 Å². The van der Waals surface area contributed by atoms with Gasteiger partial charge in [-0.3, -0.25) is 4.79 Å². The van der Waals surface area contributed by atoms with Crippen LogP contribution in [-0.2, 0) is 26.1 Å². The molecule has 0 aliphatic carbocycles. The molecule has 0 saturated carbocycles. The molecule has 0 unspecified atom stereocenters. The molecule has 1 aliphatic rings. The van der Waals surface area contributed by atoms with Crippen LogP contribution in [-0.4, -0.2) is 62.6 Å². The van der Waals surface area contributed by atoms with Crippen molar-refractivity contribution in [1.82, 2.24) is 9.21 Å². The minimum absolute atomic E-state index is 0.0920. The third-order valence-electron chi connectivity index (χ3n) is 4.51. The fourth-order valence-electron chi connectivity index (χ4n) is 2.98. The molecule has 168 valence electrons. The molecule has 1 aliphatic heterocycles. The van der Waals surface area contributed by atoms with Crippen molar-refractivity contribution in [3.05, 3.63) is 60.1 Å². The van der Waals surface area contributed by atoms with Crippen molar-refractivity contribution in [2.24, 2.45) is 0 Å². The molecule has 0 atom stereocenters. The van der Waals surface area contributed by atoms with Crippen LogP contribution >= 0.6 is 0 Å². The van der Waals surface area contributed by atoms with E-state index in [1.165, 1.54) is 53.0 Å². The second kappa shape index (κ2) is 9.67. The Bertz CT molecular complexity index is 996. The highest BCUT2D eigenvalue weighted by Crippen LogP contribution is 2.20. The Hall–Kier alpha value is -2.63. The van der Waals surface area contributed by atoms with Gasteiger partial charge < -0.3 is 14.1 Å². The highest BCUT2D eigenvalue weighted by atomic mass is 32.2. The minimum atomic E-state index is -4.56. The molecule has 1 aromatic carbocycles. The monoisotopic (exact) mass is 458 g/mol. The summed E-state index contributed by atoms with van der Waals surface area (Å²) in [6.45, 7) is -0.560. The van der Waals surface area contributed by atoms with Crippen LogP contribution in [0, 0.1) is 0 Å². The summed E-state index contributed by atoms with van der Waals surface area (Å²) in [5.74, 6) is -0.623. The summed E-state index contributed by atoms with van der Waals surface area (Å²) in [5.41, 5.74) is 0.472. The van der Waals surface area contributed by atoms with Gasteiger partial charge in [-0.2, -0.15) is 17.5 Å². The molecule has 0 bridgehead atoms. The summed E-state index contributed by atoms with van der Waals surface area (Å²) in [6.07, 6.45) is -0.904. The number of rotatable bonds is 7. The lowest BCUT2D eigenvalue weighted by Gasteiger charge is -2.26. The van der Waals surface area contributed by atoms with Crippen LogP contribution in [0.4, 0.5) is 13.2 Å². The smallest absolute Gasteiger partial charge is 0.406 e. The molecule has 31 heavy (non-hydrogen) atoms.